The van der Waals surface area contributed by atoms with Crippen LogP contribution in [0.2, 0.25) is 0 Å². The maximum atomic E-state index is 13.1. The van der Waals surface area contributed by atoms with Gasteiger partial charge in [0, 0.05) is 12.3 Å². The molecule has 0 fully saturated rings. The van der Waals surface area contributed by atoms with Crippen LogP contribution in [0.5, 0.6) is 0 Å². The van der Waals surface area contributed by atoms with Crippen LogP contribution in [0.1, 0.15) is 29.5 Å². The second kappa shape index (κ2) is 8.22. The topological polar surface area (TPSA) is 75.6 Å². The number of amides is 1. The molecule has 0 saturated carbocycles. The lowest BCUT2D eigenvalue weighted by atomic mass is 9.93. The number of rotatable bonds is 6. The van der Waals surface area contributed by atoms with Gasteiger partial charge in [-0.05, 0) is 46.9 Å². The van der Waals surface area contributed by atoms with Gasteiger partial charge in [-0.1, -0.05) is 60.7 Å². The molecule has 5 nitrogen and oxygen atoms in total. The first kappa shape index (κ1) is 20.6. The molecule has 0 spiro atoms. The predicted octanol–water partition coefficient (Wildman–Crippen LogP) is 4.75. The number of hydrogen-bond donors (Lipinski definition) is 2. The zero-order valence-corrected chi connectivity index (χ0v) is 17.0. The second-order valence-corrected chi connectivity index (χ2v) is 7.89. The third kappa shape index (κ3) is 4.14. The number of fused-ring (bicyclic) bond motifs is 3. The summed E-state index contributed by atoms with van der Waals surface area (Å²) >= 11 is 0. The quantitative estimate of drug-likeness (QED) is 0.605. The van der Waals surface area contributed by atoms with Gasteiger partial charge in [-0.2, -0.15) is 0 Å². The minimum absolute atomic E-state index is 0.00713. The fourth-order valence-electron chi connectivity index (χ4n) is 4.04. The first-order valence-corrected chi connectivity index (χ1v) is 9.98. The summed E-state index contributed by atoms with van der Waals surface area (Å²) in [7, 11) is 0. The molecule has 0 bridgehead atoms. The van der Waals surface area contributed by atoms with Gasteiger partial charge in [0.05, 0.1) is 0 Å². The Hall–Kier alpha value is -3.67. The van der Waals surface area contributed by atoms with Crippen LogP contribution < -0.4 is 5.32 Å². The Kier molecular flexibility index (Phi) is 5.46. The van der Waals surface area contributed by atoms with Crippen LogP contribution in [0, 0.1) is 5.82 Å². The van der Waals surface area contributed by atoms with Crippen molar-refractivity contribution in [1.82, 2.24) is 5.32 Å². The van der Waals surface area contributed by atoms with Gasteiger partial charge >= 0.3 is 12.1 Å². The van der Waals surface area contributed by atoms with E-state index >= 15 is 0 Å². The third-order valence-corrected chi connectivity index (χ3v) is 5.66. The van der Waals surface area contributed by atoms with E-state index in [1.165, 1.54) is 31.2 Å². The molecule has 0 saturated heterocycles. The molecule has 1 aliphatic rings. The summed E-state index contributed by atoms with van der Waals surface area (Å²) in [6.07, 6.45) is -0.818. The fourth-order valence-corrected chi connectivity index (χ4v) is 4.04. The van der Waals surface area contributed by atoms with E-state index in [9.17, 15) is 19.1 Å². The van der Waals surface area contributed by atoms with E-state index in [0.29, 0.717) is 5.56 Å². The molecule has 2 N–H and O–H groups in total. The van der Waals surface area contributed by atoms with Crippen molar-refractivity contribution < 1.29 is 23.8 Å². The number of nitrogens with one attached hydrogen (secondary N) is 1. The Labute approximate surface area is 179 Å². The van der Waals surface area contributed by atoms with Crippen LogP contribution >= 0.6 is 0 Å². The Bertz CT molecular complexity index is 1080. The number of carbonyl (C=O) groups is 2. The molecule has 1 amide bonds. The van der Waals surface area contributed by atoms with Crippen LogP contribution in [0.25, 0.3) is 11.1 Å². The summed E-state index contributed by atoms with van der Waals surface area (Å²) in [6.45, 7) is 1.49. The van der Waals surface area contributed by atoms with E-state index in [-0.39, 0.29) is 18.9 Å². The normalized spacial score (nSPS) is 14.3. The van der Waals surface area contributed by atoms with Crippen LogP contribution in [0.3, 0.4) is 0 Å². The van der Waals surface area contributed by atoms with Crippen molar-refractivity contribution in [2.24, 2.45) is 0 Å². The van der Waals surface area contributed by atoms with Crippen LogP contribution in [0.4, 0.5) is 9.18 Å². The molecule has 3 aromatic carbocycles. The van der Waals surface area contributed by atoms with E-state index in [2.05, 4.69) is 5.32 Å². The van der Waals surface area contributed by atoms with Crippen LogP contribution in [0.15, 0.2) is 72.8 Å². The average molecular weight is 419 g/mol. The number of carboxylic acid groups (broad SMARTS) is 1. The summed E-state index contributed by atoms with van der Waals surface area (Å²) in [5.74, 6) is -1.73. The highest BCUT2D eigenvalue weighted by molar-refractivity contribution is 5.84. The highest BCUT2D eigenvalue weighted by Crippen LogP contribution is 2.44. The van der Waals surface area contributed by atoms with Gasteiger partial charge in [0.2, 0.25) is 0 Å². The summed E-state index contributed by atoms with van der Waals surface area (Å²) in [5, 5.41) is 12.2. The lowest BCUT2D eigenvalue weighted by Crippen LogP contribution is -2.54. The Balaban J connectivity index is 1.47. The average Bonchev–Trinajstić information content (AvgIpc) is 3.08. The van der Waals surface area contributed by atoms with Crippen molar-refractivity contribution in [3.63, 3.8) is 0 Å². The summed E-state index contributed by atoms with van der Waals surface area (Å²) in [6, 6.07) is 21.4. The zero-order chi connectivity index (χ0) is 22.0. The van der Waals surface area contributed by atoms with Crippen molar-refractivity contribution >= 4 is 12.1 Å². The van der Waals surface area contributed by atoms with E-state index < -0.39 is 23.4 Å². The van der Waals surface area contributed by atoms with Gasteiger partial charge in [-0.15, -0.1) is 0 Å². The maximum absolute atomic E-state index is 13.1. The number of carbonyl (C=O) groups excluding carboxylic acids is 1. The van der Waals surface area contributed by atoms with Crippen molar-refractivity contribution in [1.29, 1.82) is 0 Å². The number of aliphatic carboxylic acids is 1. The third-order valence-electron chi connectivity index (χ3n) is 5.66. The SMILES string of the molecule is C[C@](Cc1ccc(F)cc1)(NC(=O)OCC1c2ccccc2-c2ccccc21)C(=O)O. The number of halogens is 1. The summed E-state index contributed by atoms with van der Waals surface area (Å²) in [5.41, 5.74) is 3.36. The monoisotopic (exact) mass is 419 g/mol. The van der Waals surface area contributed by atoms with Crippen molar-refractivity contribution in [3.05, 3.63) is 95.3 Å². The Morgan fingerprint density at radius 3 is 2.06 bits per heavy atom. The van der Waals surface area contributed by atoms with E-state index in [0.717, 1.165) is 22.3 Å². The van der Waals surface area contributed by atoms with Gasteiger partial charge in [0.25, 0.3) is 0 Å². The standard InChI is InChI=1S/C25H22FNO4/c1-25(23(28)29,14-16-10-12-17(26)13-11-16)27-24(30)31-15-22-20-8-4-2-6-18(20)19-7-3-5-9-21(19)22/h2-13,22H,14-15H2,1H3,(H,27,30)(H,28,29)/t25-/m1/s1. The molecule has 1 aliphatic carbocycles. The molecule has 0 unspecified atom stereocenters. The molecular formula is C25H22FNO4. The van der Waals surface area contributed by atoms with Crippen LogP contribution in [-0.2, 0) is 16.0 Å². The van der Waals surface area contributed by atoms with E-state index in [1.54, 1.807) is 0 Å². The Morgan fingerprint density at radius 2 is 1.52 bits per heavy atom. The molecule has 1 atom stereocenters. The lowest BCUT2D eigenvalue weighted by molar-refractivity contribution is -0.143. The van der Waals surface area contributed by atoms with Crippen molar-refractivity contribution in [2.45, 2.75) is 24.8 Å². The Morgan fingerprint density at radius 1 is 0.968 bits per heavy atom. The molecule has 6 heteroatoms. The number of hydrogen-bond acceptors (Lipinski definition) is 3. The molecule has 0 heterocycles. The first-order valence-electron chi connectivity index (χ1n) is 9.98. The summed E-state index contributed by atoms with van der Waals surface area (Å²) in [4.78, 5) is 24.4. The van der Waals surface area contributed by atoms with Gasteiger partial charge in [-0.3, -0.25) is 0 Å². The van der Waals surface area contributed by atoms with Crippen molar-refractivity contribution in [2.75, 3.05) is 6.61 Å². The summed E-state index contributed by atoms with van der Waals surface area (Å²) < 4.78 is 18.6. The predicted molar refractivity (Wildman–Crippen MR) is 114 cm³/mol. The van der Waals surface area contributed by atoms with Crippen LogP contribution in [-0.4, -0.2) is 29.3 Å². The number of carboxylic acids is 1. The second-order valence-electron chi connectivity index (χ2n) is 7.89. The van der Waals surface area contributed by atoms with Gasteiger partial charge in [0.15, 0.2) is 0 Å². The van der Waals surface area contributed by atoms with E-state index in [1.807, 2.05) is 48.5 Å². The van der Waals surface area contributed by atoms with E-state index in [4.69, 9.17) is 4.74 Å². The van der Waals surface area contributed by atoms with Gasteiger partial charge in [0.1, 0.15) is 18.0 Å². The minimum atomic E-state index is -1.60. The van der Waals surface area contributed by atoms with Gasteiger partial charge < -0.3 is 15.2 Å². The maximum Gasteiger partial charge on any atom is 0.408 e. The molecule has 158 valence electrons. The molecule has 4 rings (SSSR count). The molecule has 0 aliphatic heterocycles. The number of ether oxygens (including phenoxy) is 1. The number of benzene rings is 3. The van der Waals surface area contributed by atoms with Gasteiger partial charge in [-0.25, -0.2) is 14.0 Å². The largest absolute Gasteiger partial charge is 0.480 e. The van der Waals surface area contributed by atoms with Crippen molar-refractivity contribution in [3.8, 4) is 11.1 Å². The molecule has 0 aromatic heterocycles. The molecule has 3 aromatic rings. The fraction of sp³-hybridized carbons (Fsp3) is 0.200. The highest BCUT2D eigenvalue weighted by atomic mass is 19.1. The minimum Gasteiger partial charge on any atom is -0.480 e. The molecular weight excluding hydrogens is 397 g/mol. The molecule has 31 heavy (non-hydrogen) atoms. The zero-order valence-electron chi connectivity index (χ0n) is 17.0. The lowest BCUT2D eigenvalue weighted by Gasteiger charge is -2.26. The smallest absolute Gasteiger partial charge is 0.408 e. The number of alkyl carbamates (subject to hydrolysis) is 1. The molecule has 0 radical (unpaired) electrons. The first-order chi connectivity index (χ1) is 14.9. The highest BCUT2D eigenvalue weighted by Gasteiger charge is 2.36.